The first-order valence-corrected chi connectivity index (χ1v) is 4.46. The highest BCUT2D eigenvalue weighted by Crippen LogP contribution is 2.22. The van der Waals surface area contributed by atoms with E-state index in [4.69, 9.17) is 16.8 Å². The predicted octanol–water partition coefficient (Wildman–Crippen LogP) is 1.91. The molecule has 1 rings (SSSR count). The Kier molecular flexibility index (Phi) is 4.41. The van der Waals surface area contributed by atoms with E-state index in [2.05, 4.69) is 15.7 Å². The summed E-state index contributed by atoms with van der Waals surface area (Å²) in [5.41, 5.74) is 2.62. The Bertz CT molecular complexity index is 448. The molecule has 0 spiro atoms. The first-order chi connectivity index (χ1) is 7.67. The maximum Gasteiger partial charge on any atom is 0.171 e. The van der Waals surface area contributed by atoms with Gasteiger partial charge in [0.15, 0.2) is 6.29 Å². The minimum Gasteiger partial charge on any atom is -0.411 e. The summed E-state index contributed by atoms with van der Waals surface area (Å²) in [6.07, 6.45) is 1.22. The van der Waals surface area contributed by atoms with Crippen LogP contribution in [-0.2, 0) is 4.79 Å². The molecule has 0 atom stereocenters. The first-order valence-electron chi connectivity index (χ1n) is 4.08. The number of hydrogen-bond donors (Lipinski definition) is 2. The zero-order chi connectivity index (χ0) is 12.0. The lowest BCUT2D eigenvalue weighted by molar-refractivity contribution is -0.102. The Hall–Kier alpha value is -1.95. The number of carbonyl (C=O) groups is 1. The van der Waals surface area contributed by atoms with Crippen LogP contribution < -0.4 is 5.43 Å². The van der Waals surface area contributed by atoms with Crippen molar-refractivity contribution in [2.45, 2.75) is 0 Å². The van der Waals surface area contributed by atoms with Crippen molar-refractivity contribution in [3.8, 4) is 0 Å². The van der Waals surface area contributed by atoms with Gasteiger partial charge in [-0.2, -0.15) is 5.10 Å². The summed E-state index contributed by atoms with van der Waals surface area (Å²) in [4.78, 5) is 10.4. The molecule has 0 aliphatic heterocycles. The Morgan fingerprint density at radius 2 is 2.31 bits per heavy atom. The zero-order valence-corrected chi connectivity index (χ0v) is 8.65. The van der Waals surface area contributed by atoms with E-state index in [1.165, 1.54) is 12.1 Å². The number of nitrogens with one attached hydrogen (secondary N) is 1. The van der Waals surface area contributed by atoms with Crippen LogP contribution in [0.2, 0.25) is 5.02 Å². The molecule has 0 saturated heterocycles. The second-order valence-corrected chi connectivity index (χ2v) is 3.04. The number of benzene rings is 1. The number of halogens is 2. The van der Waals surface area contributed by atoms with Crippen molar-refractivity contribution in [1.29, 1.82) is 0 Å². The van der Waals surface area contributed by atoms with Crippen LogP contribution in [0.25, 0.3) is 0 Å². The summed E-state index contributed by atoms with van der Waals surface area (Å²) in [6.45, 7) is 0. The molecule has 0 unspecified atom stereocenters. The van der Waals surface area contributed by atoms with E-state index >= 15 is 0 Å². The lowest BCUT2D eigenvalue weighted by Gasteiger charge is -2.02. The minimum atomic E-state index is -0.480. The Morgan fingerprint density at radius 3 is 2.88 bits per heavy atom. The fourth-order valence-corrected chi connectivity index (χ4v) is 1.06. The standard InChI is InChI=1S/C9H7ClFN3O2/c10-8-3-6(11)1-2-9(8)14-13-7(5-15)4-12-16/h1-5,14,16H/b12-4+,13-7+. The highest BCUT2D eigenvalue weighted by atomic mass is 35.5. The number of anilines is 1. The van der Waals surface area contributed by atoms with Gasteiger partial charge in [0, 0.05) is 0 Å². The fraction of sp³-hybridized carbons (Fsp3) is 0. The third-order valence-corrected chi connectivity index (χ3v) is 1.86. The molecule has 0 aliphatic rings. The highest BCUT2D eigenvalue weighted by molar-refractivity contribution is 6.54. The Labute approximate surface area is 95.2 Å². The molecule has 84 valence electrons. The number of hydrogen-bond acceptors (Lipinski definition) is 5. The summed E-state index contributed by atoms with van der Waals surface area (Å²) < 4.78 is 12.7. The van der Waals surface area contributed by atoms with Crippen LogP contribution in [0.3, 0.4) is 0 Å². The van der Waals surface area contributed by atoms with Gasteiger partial charge in [0.05, 0.1) is 16.9 Å². The lowest BCUT2D eigenvalue weighted by Crippen LogP contribution is -2.05. The van der Waals surface area contributed by atoms with Gasteiger partial charge < -0.3 is 5.21 Å². The van der Waals surface area contributed by atoms with Gasteiger partial charge in [-0.15, -0.1) is 0 Å². The number of aldehydes is 1. The van der Waals surface area contributed by atoms with Gasteiger partial charge in [0.25, 0.3) is 0 Å². The third-order valence-electron chi connectivity index (χ3n) is 1.55. The van der Waals surface area contributed by atoms with Crippen LogP contribution >= 0.6 is 11.6 Å². The van der Waals surface area contributed by atoms with E-state index in [1.807, 2.05) is 0 Å². The largest absolute Gasteiger partial charge is 0.411 e. The molecular formula is C9H7ClFN3O2. The summed E-state index contributed by atoms with van der Waals surface area (Å²) in [5, 5.41) is 14.5. The molecule has 0 saturated carbocycles. The third kappa shape index (κ3) is 3.32. The molecule has 16 heavy (non-hydrogen) atoms. The van der Waals surface area contributed by atoms with Crippen molar-refractivity contribution in [3.05, 3.63) is 29.0 Å². The Morgan fingerprint density at radius 1 is 1.56 bits per heavy atom. The second-order valence-electron chi connectivity index (χ2n) is 2.64. The number of rotatable bonds is 4. The molecule has 1 aromatic carbocycles. The molecule has 0 bridgehead atoms. The van der Waals surface area contributed by atoms with E-state index in [1.54, 1.807) is 0 Å². The van der Waals surface area contributed by atoms with Crippen molar-refractivity contribution in [2.24, 2.45) is 10.3 Å². The average Bonchev–Trinajstić information content (AvgIpc) is 2.26. The molecule has 1 aromatic rings. The van der Waals surface area contributed by atoms with Gasteiger partial charge >= 0.3 is 0 Å². The molecule has 0 radical (unpaired) electrons. The lowest BCUT2D eigenvalue weighted by atomic mass is 10.3. The number of oxime groups is 1. The second kappa shape index (κ2) is 5.82. The van der Waals surface area contributed by atoms with E-state index in [0.717, 1.165) is 12.3 Å². The van der Waals surface area contributed by atoms with Crippen molar-refractivity contribution in [2.75, 3.05) is 5.43 Å². The van der Waals surface area contributed by atoms with Gasteiger partial charge in [0.2, 0.25) is 0 Å². The average molecular weight is 244 g/mol. The van der Waals surface area contributed by atoms with Crippen LogP contribution in [0.1, 0.15) is 0 Å². The molecular weight excluding hydrogens is 237 g/mol. The molecule has 7 heteroatoms. The normalized spacial score (nSPS) is 11.8. The minimum absolute atomic E-state index is 0.120. The van der Waals surface area contributed by atoms with Gasteiger partial charge in [-0.05, 0) is 18.2 Å². The monoisotopic (exact) mass is 243 g/mol. The van der Waals surface area contributed by atoms with E-state index in [9.17, 15) is 9.18 Å². The predicted molar refractivity (Wildman–Crippen MR) is 58.8 cm³/mol. The van der Waals surface area contributed by atoms with Crippen LogP contribution in [0, 0.1) is 5.82 Å². The zero-order valence-electron chi connectivity index (χ0n) is 7.89. The number of nitrogens with zero attached hydrogens (tertiary/aromatic N) is 2. The van der Waals surface area contributed by atoms with E-state index in [-0.39, 0.29) is 10.7 Å². The van der Waals surface area contributed by atoms with E-state index in [0.29, 0.717) is 12.0 Å². The molecule has 0 heterocycles. The number of hydrazone groups is 1. The van der Waals surface area contributed by atoms with Gasteiger partial charge in [-0.3, -0.25) is 10.2 Å². The molecule has 2 N–H and O–H groups in total. The summed E-state index contributed by atoms with van der Waals surface area (Å²) in [5.74, 6) is -0.480. The van der Waals surface area contributed by atoms with Crippen LogP contribution in [0.5, 0.6) is 0 Å². The summed E-state index contributed by atoms with van der Waals surface area (Å²) in [7, 11) is 0. The van der Waals surface area contributed by atoms with Crippen LogP contribution in [0.15, 0.2) is 28.5 Å². The van der Waals surface area contributed by atoms with Gasteiger partial charge in [-0.1, -0.05) is 16.8 Å². The maximum absolute atomic E-state index is 12.7. The first kappa shape index (κ1) is 12.1. The Balaban J connectivity index is 2.84. The quantitative estimate of drug-likeness (QED) is 0.367. The summed E-state index contributed by atoms with van der Waals surface area (Å²) in [6, 6.07) is 3.64. The highest BCUT2D eigenvalue weighted by Gasteiger charge is 2.01. The van der Waals surface area contributed by atoms with Crippen molar-refractivity contribution in [1.82, 2.24) is 0 Å². The molecule has 0 aromatic heterocycles. The maximum atomic E-state index is 12.7. The van der Waals surface area contributed by atoms with Gasteiger partial charge in [0.1, 0.15) is 11.5 Å². The van der Waals surface area contributed by atoms with Crippen molar-refractivity contribution < 1.29 is 14.4 Å². The van der Waals surface area contributed by atoms with Crippen molar-refractivity contribution in [3.63, 3.8) is 0 Å². The molecule has 0 aliphatic carbocycles. The topological polar surface area (TPSA) is 74.0 Å². The van der Waals surface area contributed by atoms with Crippen LogP contribution in [0.4, 0.5) is 10.1 Å². The SMILES string of the molecule is O=CC(/C=N/O)=N/Nc1ccc(F)cc1Cl. The molecule has 5 nitrogen and oxygen atoms in total. The fourth-order valence-electron chi connectivity index (χ4n) is 0.850. The van der Waals surface area contributed by atoms with Crippen molar-refractivity contribution >= 4 is 35.5 Å². The molecule has 0 amide bonds. The molecule has 0 fully saturated rings. The van der Waals surface area contributed by atoms with Gasteiger partial charge in [-0.25, -0.2) is 4.39 Å². The van der Waals surface area contributed by atoms with E-state index < -0.39 is 5.82 Å². The summed E-state index contributed by atoms with van der Waals surface area (Å²) >= 11 is 5.69. The van der Waals surface area contributed by atoms with Crippen LogP contribution in [-0.4, -0.2) is 23.4 Å². The number of carbonyl (C=O) groups excluding carboxylic acids is 1. The smallest absolute Gasteiger partial charge is 0.171 e.